The van der Waals surface area contributed by atoms with Crippen LogP contribution in [0.15, 0.2) is 24.3 Å². The van der Waals surface area contributed by atoms with Crippen LogP contribution < -0.4 is 10.5 Å². The first-order chi connectivity index (χ1) is 7.19. The highest BCUT2D eigenvalue weighted by Crippen LogP contribution is 2.28. The average Bonchev–Trinajstić information content (AvgIpc) is 2.26. The summed E-state index contributed by atoms with van der Waals surface area (Å²) < 4.78 is 5.16. The van der Waals surface area contributed by atoms with Crippen molar-refractivity contribution in [2.75, 3.05) is 13.7 Å². The molecular formula is C13H22NO+. The normalized spacial score (nSPS) is 12.9. The highest BCUT2D eigenvalue weighted by Gasteiger charge is 2.15. The molecule has 1 rings (SSSR count). The molecule has 0 bridgehead atoms. The van der Waals surface area contributed by atoms with E-state index in [0.29, 0.717) is 11.8 Å². The third-order valence-corrected chi connectivity index (χ3v) is 2.86. The van der Waals surface area contributed by atoms with Gasteiger partial charge in [0.05, 0.1) is 13.7 Å². The maximum absolute atomic E-state index is 5.16. The Balaban J connectivity index is 2.81. The SMILES string of the molecule is COc1ccc([C@@H](CC[NH3+])C(C)C)cc1. The molecule has 1 atom stereocenters. The highest BCUT2D eigenvalue weighted by atomic mass is 16.5. The van der Waals surface area contributed by atoms with E-state index in [1.807, 2.05) is 12.1 Å². The molecule has 15 heavy (non-hydrogen) atoms. The quantitative estimate of drug-likeness (QED) is 0.790. The second kappa shape index (κ2) is 5.76. The van der Waals surface area contributed by atoms with Crippen LogP contribution in [0, 0.1) is 5.92 Å². The van der Waals surface area contributed by atoms with E-state index in [-0.39, 0.29) is 0 Å². The van der Waals surface area contributed by atoms with Gasteiger partial charge in [-0.15, -0.1) is 0 Å². The van der Waals surface area contributed by atoms with Gasteiger partial charge in [0, 0.05) is 6.42 Å². The van der Waals surface area contributed by atoms with Crippen molar-refractivity contribution < 1.29 is 10.5 Å². The molecule has 0 amide bonds. The van der Waals surface area contributed by atoms with E-state index >= 15 is 0 Å². The Morgan fingerprint density at radius 2 is 1.80 bits per heavy atom. The summed E-state index contributed by atoms with van der Waals surface area (Å²) in [4.78, 5) is 0. The lowest BCUT2D eigenvalue weighted by Crippen LogP contribution is -2.50. The Kier molecular flexibility index (Phi) is 4.63. The van der Waals surface area contributed by atoms with Crippen LogP contribution in [0.4, 0.5) is 0 Å². The van der Waals surface area contributed by atoms with Gasteiger partial charge in [-0.1, -0.05) is 26.0 Å². The molecule has 2 nitrogen and oxygen atoms in total. The average molecular weight is 208 g/mol. The van der Waals surface area contributed by atoms with Crippen molar-refractivity contribution in [3.8, 4) is 5.75 Å². The Morgan fingerprint density at radius 3 is 2.20 bits per heavy atom. The summed E-state index contributed by atoms with van der Waals surface area (Å²) in [6, 6.07) is 8.40. The minimum atomic E-state index is 0.619. The number of rotatable bonds is 5. The summed E-state index contributed by atoms with van der Waals surface area (Å²) in [6.45, 7) is 5.53. The zero-order valence-electron chi connectivity index (χ0n) is 9.99. The van der Waals surface area contributed by atoms with E-state index in [1.165, 1.54) is 5.56 Å². The van der Waals surface area contributed by atoms with E-state index in [9.17, 15) is 0 Å². The molecule has 0 aliphatic carbocycles. The van der Waals surface area contributed by atoms with Crippen LogP contribution in [0.3, 0.4) is 0 Å². The summed E-state index contributed by atoms with van der Waals surface area (Å²) in [5.41, 5.74) is 5.34. The molecule has 84 valence electrons. The van der Waals surface area contributed by atoms with Gasteiger partial charge in [0.25, 0.3) is 0 Å². The van der Waals surface area contributed by atoms with E-state index < -0.39 is 0 Å². The predicted molar refractivity (Wildman–Crippen MR) is 62.9 cm³/mol. The maximum atomic E-state index is 5.16. The Morgan fingerprint density at radius 1 is 1.20 bits per heavy atom. The number of benzene rings is 1. The van der Waals surface area contributed by atoms with Crippen LogP contribution in [-0.4, -0.2) is 13.7 Å². The van der Waals surface area contributed by atoms with Crippen molar-refractivity contribution in [1.82, 2.24) is 0 Å². The summed E-state index contributed by atoms with van der Waals surface area (Å²) in [7, 11) is 1.70. The fourth-order valence-corrected chi connectivity index (χ4v) is 1.96. The molecule has 1 aromatic carbocycles. The smallest absolute Gasteiger partial charge is 0.118 e. The summed E-state index contributed by atoms with van der Waals surface area (Å²) in [5, 5.41) is 0. The Bertz CT molecular complexity index is 279. The third kappa shape index (κ3) is 3.24. The molecular weight excluding hydrogens is 186 g/mol. The molecule has 0 aromatic heterocycles. The van der Waals surface area contributed by atoms with Crippen LogP contribution >= 0.6 is 0 Å². The number of ether oxygens (including phenoxy) is 1. The van der Waals surface area contributed by atoms with E-state index in [1.54, 1.807) is 7.11 Å². The summed E-state index contributed by atoms with van der Waals surface area (Å²) in [5.74, 6) is 2.21. The monoisotopic (exact) mass is 208 g/mol. The van der Waals surface area contributed by atoms with Gasteiger partial charge in [-0.3, -0.25) is 0 Å². The Labute approximate surface area is 92.4 Å². The number of hydrogen-bond donors (Lipinski definition) is 1. The minimum Gasteiger partial charge on any atom is -0.497 e. The lowest BCUT2D eigenvalue weighted by molar-refractivity contribution is -0.369. The van der Waals surface area contributed by atoms with Gasteiger partial charge in [-0.05, 0) is 29.5 Å². The molecule has 0 saturated heterocycles. The second-order valence-corrected chi connectivity index (χ2v) is 4.27. The Hall–Kier alpha value is -1.02. The topological polar surface area (TPSA) is 36.9 Å². The lowest BCUT2D eigenvalue weighted by Gasteiger charge is -2.19. The van der Waals surface area contributed by atoms with Crippen molar-refractivity contribution in [1.29, 1.82) is 0 Å². The van der Waals surface area contributed by atoms with Crippen molar-refractivity contribution in [2.45, 2.75) is 26.2 Å². The molecule has 0 spiro atoms. The van der Waals surface area contributed by atoms with Gasteiger partial charge in [0.2, 0.25) is 0 Å². The van der Waals surface area contributed by atoms with Crippen LogP contribution in [0.5, 0.6) is 5.75 Å². The molecule has 1 aromatic rings. The number of quaternary nitrogens is 1. The first-order valence-corrected chi connectivity index (χ1v) is 5.62. The molecule has 2 heteroatoms. The first kappa shape index (κ1) is 12.1. The molecule has 0 saturated carbocycles. The zero-order chi connectivity index (χ0) is 11.3. The minimum absolute atomic E-state index is 0.619. The molecule has 0 unspecified atom stereocenters. The number of methoxy groups -OCH3 is 1. The standard InChI is InChI=1S/C13H21NO/c1-10(2)13(8-9-14)11-4-6-12(15-3)7-5-11/h4-7,10,13H,8-9,14H2,1-3H3/p+1/t13-/m0/s1. The van der Waals surface area contributed by atoms with Gasteiger partial charge in [0.1, 0.15) is 5.75 Å². The van der Waals surface area contributed by atoms with E-state index in [4.69, 9.17) is 4.74 Å². The highest BCUT2D eigenvalue weighted by molar-refractivity contribution is 5.29. The van der Waals surface area contributed by atoms with Gasteiger partial charge < -0.3 is 10.5 Å². The molecule has 3 N–H and O–H groups in total. The second-order valence-electron chi connectivity index (χ2n) is 4.27. The van der Waals surface area contributed by atoms with Crippen molar-refractivity contribution >= 4 is 0 Å². The predicted octanol–water partition coefficient (Wildman–Crippen LogP) is 2.07. The van der Waals surface area contributed by atoms with E-state index in [2.05, 4.69) is 31.7 Å². The molecule has 0 radical (unpaired) electrons. The fourth-order valence-electron chi connectivity index (χ4n) is 1.96. The lowest BCUT2D eigenvalue weighted by atomic mass is 9.86. The van der Waals surface area contributed by atoms with Crippen molar-refractivity contribution in [2.24, 2.45) is 5.92 Å². The van der Waals surface area contributed by atoms with Crippen molar-refractivity contribution in [3.63, 3.8) is 0 Å². The van der Waals surface area contributed by atoms with Crippen LogP contribution in [0.2, 0.25) is 0 Å². The van der Waals surface area contributed by atoms with Crippen LogP contribution in [-0.2, 0) is 0 Å². The van der Waals surface area contributed by atoms with Gasteiger partial charge >= 0.3 is 0 Å². The zero-order valence-corrected chi connectivity index (χ0v) is 9.99. The van der Waals surface area contributed by atoms with Crippen molar-refractivity contribution in [3.05, 3.63) is 29.8 Å². The maximum Gasteiger partial charge on any atom is 0.118 e. The van der Waals surface area contributed by atoms with Gasteiger partial charge in [0.15, 0.2) is 0 Å². The summed E-state index contributed by atoms with van der Waals surface area (Å²) >= 11 is 0. The molecule has 0 heterocycles. The summed E-state index contributed by atoms with van der Waals surface area (Å²) in [6.07, 6.45) is 1.16. The number of hydrogen-bond acceptors (Lipinski definition) is 1. The van der Waals surface area contributed by atoms with E-state index in [0.717, 1.165) is 18.7 Å². The fraction of sp³-hybridized carbons (Fsp3) is 0.538. The third-order valence-electron chi connectivity index (χ3n) is 2.86. The molecule has 0 aliphatic rings. The van der Waals surface area contributed by atoms with Gasteiger partial charge in [-0.2, -0.15) is 0 Å². The van der Waals surface area contributed by atoms with Crippen LogP contribution in [0.1, 0.15) is 31.7 Å². The molecule has 0 fully saturated rings. The largest absolute Gasteiger partial charge is 0.497 e. The van der Waals surface area contributed by atoms with Crippen LogP contribution in [0.25, 0.3) is 0 Å². The molecule has 0 aliphatic heterocycles. The van der Waals surface area contributed by atoms with Gasteiger partial charge in [-0.25, -0.2) is 0 Å². The first-order valence-electron chi connectivity index (χ1n) is 5.62.